The van der Waals surface area contributed by atoms with E-state index in [1.54, 1.807) is 16.7 Å². The Morgan fingerprint density at radius 3 is 2.51 bits per heavy atom. The van der Waals surface area contributed by atoms with Crippen LogP contribution in [0.5, 0.6) is 0 Å². The fourth-order valence-corrected chi connectivity index (χ4v) is 18.7. The molecule has 0 radical (unpaired) electrons. The summed E-state index contributed by atoms with van der Waals surface area (Å²) in [4.78, 5) is 2.84. The monoisotopic (exact) mass is 1020 g/mol. The first-order valence-electron chi connectivity index (χ1n) is 30.5. The number of aromatic nitrogens is 1. The fourth-order valence-electron chi connectivity index (χ4n) is 18.7. The fraction of sp³-hybridized carbons (Fsp3) is 0.360. The Morgan fingerprint density at radius 1 is 0.692 bits per heavy atom. The Bertz CT molecular complexity index is 3740. The summed E-state index contributed by atoms with van der Waals surface area (Å²) < 4.78 is 10.0. The van der Waals surface area contributed by atoms with Crippen LogP contribution < -0.4 is 0 Å². The van der Waals surface area contributed by atoms with Gasteiger partial charge in [0.25, 0.3) is 0 Å². The zero-order valence-electron chi connectivity index (χ0n) is 45.5. The number of allylic oxidation sites excluding steroid dienone is 22. The number of rotatable bonds is 5. The van der Waals surface area contributed by atoms with Crippen molar-refractivity contribution in [2.24, 2.45) is 41.4 Å². The van der Waals surface area contributed by atoms with Crippen molar-refractivity contribution in [3.05, 3.63) is 249 Å². The number of fused-ring (bicyclic) bond motifs is 17. The molecule has 0 spiro atoms. The highest BCUT2D eigenvalue weighted by Crippen LogP contribution is 2.62. The van der Waals surface area contributed by atoms with Gasteiger partial charge in [-0.05, 0) is 185 Å². The number of para-hydroxylation sites is 1. The van der Waals surface area contributed by atoms with Crippen LogP contribution in [0.2, 0.25) is 0 Å². The molecule has 13 aliphatic rings. The van der Waals surface area contributed by atoms with Gasteiger partial charge in [0.2, 0.25) is 0 Å². The Labute approximate surface area is 462 Å². The molecule has 3 heteroatoms. The molecule has 388 valence electrons. The van der Waals surface area contributed by atoms with Crippen molar-refractivity contribution >= 4 is 33.8 Å². The summed E-state index contributed by atoms with van der Waals surface area (Å²) >= 11 is 0. The second kappa shape index (κ2) is 17.7. The first kappa shape index (κ1) is 46.3. The van der Waals surface area contributed by atoms with Crippen LogP contribution in [0.15, 0.2) is 210 Å². The zero-order chi connectivity index (χ0) is 51.4. The van der Waals surface area contributed by atoms with Crippen LogP contribution in [0, 0.1) is 41.4 Å². The Hall–Kier alpha value is -6.68. The summed E-state index contributed by atoms with van der Waals surface area (Å²) in [6, 6.07) is 26.3. The van der Waals surface area contributed by atoms with Crippen LogP contribution in [-0.4, -0.2) is 27.7 Å². The molecular weight excluding hydrogens is 945 g/mol. The molecule has 1 saturated heterocycles. The van der Waals surface area contributed by atoms with Gasteiger partial charge in [-0.3, -0.25) is 0 Å². The van der Waals surface area contributed by atoms with Gasteiger partial charge in [0, 0.05) is 63.3 Å². The highest BCUT2D eigenvalue weighted by atomic mass is 16.5. The van der Waals surface area contributed by atoms with Gasteiger partial charge in [-0.15, -0.1) is 0 Å². The lowest BCUT2D eigenvalue weighted by atomic mass is 9.58. The molecule has 2 fully saturated rings. The van der Waals surface area contributed by atoms with E-state index in [-0.39, 0.29) is 17.6 Å². The lowest BCUT2D eigenvalue weighted by Crippen LogP contribution is -2.45. The second-order valence-corrected chi connectivity index (χ2v) is 26.0. The first-order chi connectivity index (χ1) is 38.4. The molecule has 4 aromatic rings. The molecule has 12 atom stereocenters. The van der Waals surface area contributed by atoms with E-state index in [2.05, 4.69) is 205 Å². The van der Waals surface area contributed by atoms with Crippen LogP contribution in [0.4, 0.5) is 0 Å². The van der Waals surface area contributed by atoms with Gasteiger partial charge < -0.3 is 14.2 Å². The van der Waals surface area contributed by atoms with E-state index in [1.807, 2.05) is 0 Å². The standard InChI is InChI=1S/C75H72N2O/c1-75(2)66-42-48(45-31-35-55-53-21-7-6-19-51(53)52-20-8-9-22-54(52)62(55)39-45)32-36-56(66)59-26-16-27-60(74(59)75)65-43-50(44-72-73(65)61-25-12-15-30-71(61)78-72)77-68-29-14-11-24-58(68)64-41-47(34-38-70(64)77)46-33-37-69-63(40-46)57-23-10-13-28-67(57)76(69)49-17-4-3-5-18-49/h3-4,6-10,13-14,16-17,19-23,26-29,32,34-36,38-42,44-45,52,54,60-61,64-65,70-74H,5,11-12,15,18,24-25,30-31,33,37,43H2,1-2H3. The molecule has 3 nitrogen and oxygen atoms in total. The van der Waals surface area contributed by atoms with Crippen molar-refractivity contribution in [3.63, 3.8) is 0 Å². The molecule has 3 heterocycles. The minimum absolute atomic E-state index is 0.0226. The van der Waals surface area contributed by atoms with Gasteiger partial charge >= 0.3 is 0 Å². The average Bonchev–Trinajstić information content (AvgIpc) is 4.37. The Kier molecular flexibility index (Phi) is 10.5. The normalized spacial score (nSPS) is 33.9. The van der Waals surface area contributed by atoms with Crippen molar-refractivity contribution in [3.8, 4) is 0 Å². The van der Waals surface area contributed by atoms with Gasteiger partial charge in [0.15, 0.2) is 0 Å². The Balaban J connectivity index is 0.698. The highest BCUT2D eigenvalue weighted by molar-refractivity contribution is 5.95. The van der Waals surface area contributed by atoms with Crippen molar-refractivity contribution in [2.75, 3.05) is 0 Å². The highest BCUT2D eigenvalue weighted by Gasteiger charge is 2.57. The number of benzene rings is 3. The molecule has 0 bridgehead atoms. The maximum Gasteiger partial charge on any atom is 0.0814 e. The molecule has 11 aliphatic carbocycles. The number of ether oxygens (including phenoxy) is 1. The van der Waals surface area contributed by atoms with Crippen molar-refractivity contribution < 1.29 is 4.74 Å². The van der Waals surface area contributed by atoms with Gasteiger partial charge in [-0.1, -0.05) is 178 Å². The van der Waals surface area contributed by atoms with E-state index in [4.69, 9.17) is 4.74 Å². The molecule has 3 aromatic carbocycles. The maximum atomic E-state index is 7.41. The number of hydrogen-bond donors (Lipinski definition) is 0. The number of nitrogens with zero attached hydrogens (tertiary/aromatic N) is 2. The third-order valence-corrected chi connectivity index (χ3v) is 22.0. The summed E-state index contributed by atoms with van der Waals surface area (Å²) in [7, 11) is 0. The smallest absolute Gasteiger partial charge is 0.0814 e. The summed E-state index contributed by atoms with van der Waals surface area (Å²) in [5.41, 5.74) is 25.2. The SMILES string of the molecule is CC1(C)c2cc(C3C=C4C(=CC3)c3ccccc3C3C=CC=CC43)ccc2C2=CC=CC(C3CC(N4C5=C(CCC=C5)C5C=C(C6=Cc7c(n(C8=CC=CCC8)c8ccccc78)CC6)C=CC54)=CC4OC5CCCCC5C43)C21. The van der Waals surface area contributed by atoms with E-state index < -0.39 is 0 Å². The summed E-state index contributed by atoms with van der Waals surface area (Å²) in [6.07, 6.45) is 61.8. The van der Waals surface area contributed by atoms with Crippen molar-refractivity contribution in [2.45, 2.75) is 126 Å². The van der Waals surface area contributed by atoms with Crippen LogP contribution in [0.25, 0.3) is 33.8 Å². The summed E-state index contributed by atoms with van der Waals surface area (Å²) in [6.45, 7) is 5.21. The van der Waals surface area contributed by atoms with E-state index >= 15 is 0 Å². The largest absolute Gasteiger partial charge is 0.370 e. The van der Waals surface area contributed by atoms with Gasteiger partial charge in [0.05, 0.1) is 23.8 Å². The predicted molar refractivity (Wildman–Crippen MR) is 321 cm³/mol. The summed E-state index contributed by atoms with van der Waals surface area (Å²) in [5.74, 6) is 4.03. The zero-order valence-corrected chi connectivity index (χ0v) is 45.5. The minimum atomic E-state index is -0.0226. The quantitative estimate of drug-likeness (QED) is 0.198. The van der Waals surface area contributed by atoms with E-state index in [0.717, 1.165) is 51.4 Å². The minimum Gasteiger partial charge on any atom is -0.370 e. The third kappa shape index (κ3) is 6.79. The van der Waals surface area contributed by atoms with Crippen LogP contribution in [-0.2, 0) is 16.6 Å². The third-order valence-electron chi connectivity index (χ3n) is 22.0. The number of hydrogen-bond acceptors (Lipinski definition) is 2. The molecular formula is C75H72N2O. The van der Waals surface area contributed by atoms with Gasteiger partial charge in [0.1, 0.15) is 0 Å². The molecule has 1 aromatic heterocycles. The molecule has 0 N–H and O–H groups in total. The van der Waals surface area contributed by atoms with Crippen LogP contribution in [0.3, 0.4) is 0 Å². The van der Waals surface area contributed by atoms with Gasteiger partial charge in [-0.25, -0.2) is 0 Å². The lowest BCUT2D eigenvalue weighted by molar-refractivity contribution is 0.0292. The van der Waals surface area contributed by atoms with Crippen molar-refractivity contribution in [1.29, 1.82) is 0 Å². The molecule has 17 rings (SSSR count). The van der Waals surface area contributed by atoms with E-state index in [1.165, 1.54) is 109 Å². The van der Waals surface area contributed by atoms with Crippen molar-refractivity contribution in [1.82, 2.24) is 9.47 Å². The maximum absolute atomic E-state index is 7.41. The topological polar surface area (TPSA) is 17.4 Å². The molecule has 2 aliphatic heterocycles. The lowest BCUT2D eigenvalue weighted by Gasteiger charge is -2.47. The first-order valence-corrected chi connectivity index (χ1v) is 30.5. The predicted octanol–water partition coefficient (Wildman–Crippen LogP) is 17.6. The van der Waals surface area contributed by atoms with E-state index in [0.29, 0.717) is 59.4 Å². The summed E-state index contributed by atoms with van der Waals surface area (Å²) in [5, 5.41) is 1.39. The molecule has 78 heavy (non-hydrogen) atoms. The van der Waals surface area contributed by atoms with E-state index in [9.17, 15) is 0 Å². The molecule has 0 amide bonds. The van der Waals surface area contributed by atoms with Crippen LogP contribution in [0.1, 0.15) is 135 Å². The van der Waals surface area contributed by atoms with Crippen LogP contribution >= 0.6 is 0 Å². The van der Waals surface area contributed by atoms with Gasteiger partial charge in [-0.2, -0.15) is 0 Å². The molecule has 1 saturated carbocycles. The Morgan fingerprint density at radius 2 is 1.58 bits per heavy atom. The second-order valence-electron chi connectivity index (χ2n) is 26.0. The average molecular weight is 1020 g/mol. The molecule has 12 unspecified atom stereocenters.